The molecule has 1 aromatic heterocycles. The molecule has 0 amide bonds. The first kappa shape index (κ1) is 11.9. The van der Waals surface area contributed by atoms with Crippen LogP contribution in [0.5, 0.6) is 5.75 Å². The van der Waals surface area contributed by atoms with E-state index in [2.05, 4.69) is 26.2 Å². The Bertz CT molecular complexity index is 529. The van der Waals surface area contributed by atoms with Crippen LogP contribution >= 0.6 is 15.9 Å². The van der Waals surface area contributed by atoms with Gasteiger partial charge in [-0.25, -0.2) is 0 Å². The van der Waals surface area contributed by atoms with Gasteiger partial charge in [0, 0.05) is 22.8 Å². The average molecular weight is 293 g/mol. The first-order chi connectivity index (χ1) is 8.16. The van der Waals surface area contributed by atoms with Crippen LogP contribution < -0.4 is 5.32 Å². The van der Waals surface area contributed by atoms with Crippen LogP contribution in [0.1, 0.15) is 11.3 Å². The summed E-state index contributed by atoms with van der Waals surface area (Å²) in [5.74, 6) is 0.294. The molecule has 88 valence electrons. The molecule has 2 N–H and O–H groups in total. The second-order valence-corrected chi connectivity index (χ2v) is 4.68. The summed E-state index contributed by atoms with van der Waals surface area (Å²) in [5, 5.41) is 13.0. The first-order valence-corrected chi connectivity index (χ1v) is 6.09. The molecule has 3 nitrogen and oxygen atoms in total. The number of phenols is 1. The Morgan fingerprint density at radius 2 is 2.18 bits per heavy atom. The van der Waals surface area contributed by atoms with Crippen molar-refractivity contribution in [2.45, 2.75) is 13.5 Å². The number of aromatic nitrogens is 1. The second kappa shape index (κ2) is 5.19. The highest BCUT2D eigenvalue weighted by Gasteiger charge is 2.03. The van der Waals surface area contributed by atoms with E-state index in [4.69, 9.17) is 0 Å². The molecule has 0 saturated heterocycles. The van der Waals surface area contributed by atoms with Crippen molar-refractivity contribution in [1.29, 1.82) is 0 Å². The van der Waals surface area contributed by atoms with Gasteiger partial charge in [0.2, 0.25) is 0 Å². The molecule has 4 heteroatoms. The van der Waals surface area contributed by atoms with Crippen molar-refractivity contribution < 1.29 is 5.11 Å². The predicted octanol–water partition coefficient (Wildman–Crippen LogP) is 3.47. The third-order valence-corrected chi connectivity index (χ3v) is 3.01. The van der Waals surface area contributed by atoms with Gasteiger partial charge in [-0.1, -0.05) is 15.9 Å². The van der Waals surface area contributed by atoms with E-state index in [9.17, 15) is 5.11 Å². The lowest BCUT2D eigenvalue weighted by atomic mass is 10.2. The highest BCUT2D eigenvalue weighted by atomic mass is 79.9. The molecule has 2 rings (SSSR count). The minimum atomic E-state index is 0.294. The molecule has 0 atom stereocenters. The highest BCUT2D eigenvalue weighted by Crippen LogP contribution is 2.23. The maximum absolute atomic E-state index is 9.71. The molecule has 0 radical (unpaired) electrons. The van der Waals surface area contributed by atoms with Gasteiger partial charge in [-0.3, -0.25) is 4.98 Å². The molecule has 0 unspecified atom stereocenters. The van der Waals surface area contributed by atoms with Crippen molar-refractivity contribution in [1.82, 2.24) is 4.98 Å². The lowest BCUT2D eigenvalue weighted by molar-refractivity contribution is 0.469. The SMILES string of the molecule is Cc1ncccc1NCc1cc(Br)ccc1O. The van der Waals surface area contributed by atoms with Gasteiger partial charge in [0.1, 0.15) is 5.75 Å². The largest absolute Gasteiger partial charge is 0.508 e. The van der Waals surface area contributed by atoms with Gasteiger partial charge >= 0.3 is 0 Å². The fourth-order valence-electron chi connectivity index (χ4n) is 1.56. The van der Waals surface area contributed by atoms with Crippen LogP contribution in [0.15, 0.2) is 41.0 Å². The first-order valence-electron chi connectivity index (χ1n) is 5.29. The van der Waals surface area contributed by atoms with Gasteiger partial charge in [0.05, 0.1) is 11.4 Å². The fourth-order valence-corrected chi connectivity index (χ4v) is 1.97. The topological polar surface area (TPSA) is 45.2 Å². The number of anilines is 1. The molecular weight excluding hydrogens is 280 g/mol. The van der Waals surface area contributed by atoms with Gasteiger partial charge in [0.15, 0.2) is 0 Å². The van der Waals surface area contributed by atoms with E-state index in [0.717, 1.165) is 21.4 Å². The number of aromatic hydroxyl groups is 1. The Balaban J connectivity index is 2.12. The van der Waals surface area contributed by atoms with E-state index in [0.29, 0.717) is 12.3 Å². The summed E-state index contributed by atoms with van der Waals surface area (Å²) in [6.45, 7) is 2.51. The van der Waals surface area contributed by atoms with E-state index in [1.165, 1.54) is 0 Å². The van der Waals surface area contributed by atoms with E-state index in [1.54, 1.807) is 12.3 Å². The molecule has 0 spiro atoms. The number of nitrogens with zero attached hydrogens (tertiary/aromatic N) is 1. The Hall–Kier alpha value is -1.55. The van der Waals surface area contributed by atoms with E-state index in [-0.39, 0.29) is 0 Å². The van der Waals surface area contributed by atoms with Crippen molar-refractivity contribution in [2.75, 3.05) is 5.32 Å². The zero-order valence-electron chi connectivity index (χ0n) is 9.44. The molecule has 0 aliphatic rings. The minimum absolute atomic E-state index is 0.294. The van der Waals surface area contributed by atoms with Crippen molar-refractivity contribution in [3.05, 3.63) is 52.3 Å². The molecule has 0 aliphatic carbocycles. The number of hydrogen-bond donors (Lipinski definition) is 2. The number of phenolic OH excluding ortho intramolecular Hbond substituents is 1. The van der Waals surface area contributed by atoms with Crippen molar-refractivity contribution in [3.63, 3.8) is 0 Å². The summed E-state index contributed by atoms with van der Waals surface area (Å²) >= 11 is 3.39. The second-order valence-electron chi connectivity index (χ2n) is 3.76. The number of benzene rings is 1. The number of pyridine rings is 1. The molecule has 0 aliphatic heterocycles. The van der Waals surface area contributed by atoms with E-state index < -0.39 is 0 Å². The van der Waals surface area contributed by atoms with Crippen LogP contribution in [0.3, 0.4) is 0 Å². The third kappa shape index (κ3) is 2.97. The van der Waals surface area contributed by atoms with Crippen LogP contribution in [-0.4, -0.2) is 10.1 Å². The summed E-state index contributed by atoms with van der Waals surface area (Å²) in [5.41, 5.74) is 2.77. The summed E-state index contributed by atoms with van der Waals surface area (Å²) < 4.78 is 0.954. The zero-order chi connectivity index (χ0) is 12.3. The standard InChI is InChI=1S/C13H13BrN2O/c1-9-12(3-2-6-15-9)16-8-10-7-11(14)4-5-13(10)17/h2-7,16-17H,8H2,1H3. The molecule has 0 bridgehead atoms. The van der Waals surface area contributed by atoms with Crippen LogP contribution in [0, 0.1) is 6.92 Å². The van der Waals surface area contributed by atoms with Crippen LogP contribution in [0.4, 0.5) is 5.69 Å². The number of halogens is 1. The molecule has 1 aromatic carbocycles. The van der Waals surface area contributed by atoms with Crippen LogP contribution in [-0.2, 0) is 6.54 Å². The number of rotatable bonds is 3. The number of hydrogen-bond acceptors (Lipinski definition) is 3. The van der Waals surface area contributed by atoms with Gasteiger partial charge in [0.25, 0.3) is 0 Å². The normalized spacial score (nSPS) is 10.2. The molecule has 2 aromatic rings. The Morgan fingerprint density at radius 1 is 1.35 bits per heavy atom. The highest BCUT2D eigenvalue weighted by molar-refractivity contribution is 9.10. The zero-order valence-corrected chi connectivity index (χ0v) is 11.0. The van der Waals surface area contributed by atoms with Gasteiger partial charge < -0.3 is 10.4 Å². The van der Waals surface area contributed by atoms with Gasteiger partial charge in [-0.05, 0) is 37.3 Å². The predicted molar refractivity (Wildman–Crippen MR) is 72.1 cm³/mol. The van der Waals surface area contributed by atoms with Gasteiger partial charge in [-0.2, -0.15) is 0 Å². The molecular formula is C13H13BrN2O. The molecule has 0 fully saturated rings. The van der Waals surface area contributed by atoms with Crippen LogP contribution in [0.25, 0.3) is 0 Å². The summed E-state index contributed by atoms with van der Waals surface area (Å²) in [6.07, 6.45) is 1.76. The fraction of sp³-hybridized carbons (Fsp3) is 0.154. The van der Waals surface area contributed by atoms with Crippen LogP contribution in [0.2, 0.25) is 0 Å². The smallest absolute Gasteiger partial charge is 0.120 e. The maximum Gasteiger partial charge on any atom is 0.120 e. The number of nitrogens with one attached hydrogen (secondary N) is 1. The van der Waals surface area contributed by atoms with Crippen molar-refractivity contribution in [2.24, 2.45) is 0 Å². The van der Waals surface area contributed by atoms with Gasteiger partial charge in [-0.15, -0.1) is 0 Å². The van der Waals surface area contributed by atoms with Crippen molar-refractivity contribution in [3.8, 4) is 5.75 Å². The quantitative estimate of drug-likeness (QED) is 0.910. The number of aryl methyl sites for hydroxylation is 1. The third-order valence-electron chi connectivity index (χ3n) is 2.52. The Morgan fingerprint density at radius 3 is 2.94 bits per heavy atom. The summed E-state index contributed by atoms with van der Waals surface area (Å²) in [6, 6.07) is 9.24. The van der Waals surface area contributed by atoms with Crippen molar-refractivity contribution >= 4 is 21.6 Å². The molecule has 17 heavy (non-hydrogen) atoms. The van der Waals surface area contributed by atoms with E-state index >= 15 is 0 Å². The Labute approximate surface area is 109 Å². The lowest BCUT2D eigenvalue weighted by Crippen LogP contribution is -2.02. The summed E-state index contributed by atoms with van der Waals surface area (Å²) in [7, 11) is 0. The minimum Gasteiger partial charge on any atom is -0.508 e. The molecule has 1 heterocycles. The average Bonchev–Trinajstić information content (AvgIpc) is 2.32. The maximum atomic E-state index is 9.71. The molecule has 0 saturated carbocycles. The Kier molecular flexibility index (Phi) is 3.64. The summed E-state index contributed by atoms with van der Waals surface area (Å²) in [4.78, 5) is 4.20. The van der Waals surface area contributed by atoms with E-state index in [1.807, 2.05) is 31.2 Å². The monoisotopic (exact) mass is 292 g/mol. The lowest BCUT2D eigenvalue weighted by Gasteiger charge is -2.10.